The van der Waals surface area contributed by atoms with Gasteiger partial charge in [0.2, 0.25) is 6.10 Å². The second-order valence-electron chi connectivity index (χ2n) is 9.32. The average molecular weight is 546 g/mol. The molecule has 0 aliphatic heterocycles. The zero-order valence-electron chi connectivity index (χ0n) is 21.9. The molecule has 3 aromatic carbocycles. The number of halogens is 1. The molecule has 0 fully saturated rings. The maximum atomic E-state index is 13.4. The van der Waals surface area contributed by atoms with Crippen molar-refractivity contribution >= 4 is 17.6 Å². The number of ether oxygens (including phenoxy) is 1. The van der Waals surface area contributed by atoms with Gasteiger partial charge in [-0.25, -0.2) is 14.3 Å². The van der Waals surface area contributed by atoms with E-state index in [0.29, 0.717) is 42.3 Å². The summed E-state index contributed by atoms with van der Waals surface area (Å²) in [6.45, 7) is 6.69. The molecule has 0 saturated carbocycles. The first kappa shape index (κ1) is 27.9. The number of aliphatic carboxylic acids is 1. The van der Waals surface area contributed by atoms with Gasteiger partial charge in [0.15, 0.2) is 0 Å². The van der Waals surface area contributed by atoms with Crippen LogP contribution in [0, 0.1) is 0 Å². The molecule has 202 valence electrons. The van der Waals surface area contributed by atoms with E-state index in [0.717, 1.165) is 35.4 Å². The third kappa shape index (κ3) is 6.86. The Morgan fingerprint density at radius 3 is 2.51 bits per heavy atom. The van der Waals surface area contributed by atoms with Crippen LogP contribution in [0.15, 0.2) is 90.2 Å². The van der Waals surface area contributed by atoms with Crippen molar-refractivity contribution < 1.29 is 14.6 Å². The number of rotatable bonds is 13. The molecular formula is C31H32ClN3O4. The fourth-order valence-corrected chi connectivity index (χ4v) is 4.66. The Balaban J connectivity index is 1.65. The minimum Gasteiger partial charge on any atom is -0.478 e. The molecule has 7 nitrogen and oxygen atoms in total. The highest BCUT2D eigenvalue weighted by Crippen LogP contribution is 2.31. The van der Waals surface area contributed by atoms with Crippen molar-refractivity contribution in [2.45, 2.75) is 51.8 Å². The summed E-state index contributed by atoms with van der Waals surface area (Å²) < 4.78 is 9.22. The van der Waals surface area contributed by atoms with Crippen LogP contribution in [-0.4, -0.2) is 25.4 Å². The van der Waals surface area contributed by atoms with E-state index >= 15 is 0 Å². The Bertz CT molecular complexity index is 1490. The molecule has 4 rings (SSSR count). The molecule has 0 spiro atoms. The predicted molar refractivity (Wildman–Crippen MR) is 153 cm³/mol. The Hall–Kier alpha value is -4.10. The van der Waals surface area contributed by atoms with Gasteiger partial charge < -0.3 is 9.84 Å². The van der Waals surface area contributed by atoms with Crippen molar-refractivity contribution in [1.82, 2.24) is 14.3 Å². The first-order valence-corrected chi connectivity index (χ1v) is 13.4. The first-order chi connectivity index (χ1) is 18.9. The molecule has 0 aliphatic rings. The van der Waals surface area contributed by atoms with Crippen LogP contribution >= 0.6 is 11.6 Å². The van der Waals surface area contributed by atoms with Crippen LogP contribution < -0.4 is 10.4 Å². The number of carboxylic acids is 1. The summed E-state index contributed by atoms with van der Waals surface area (Å²) >= 11 is 6.26. The number of hydrogen-bond donors (Lipinski definition) is 1. The van der Waals surface area contributed by atoms with E-state index in [9.17, 15) is 14.7 Å². The Morgan fingerprint density at radius 1 is 1.08 bits per heavy atom. The van der Waals surface area contributed by atoms with Gasteiger partial charge in [0.05, 0.1) is 13.1 Å². The van der Waals surface area contributed by atoms with Crippen molar-refractivity contribution in [3.8, 4) is 5.75 Å². The van der Waals surface area contributed by atoms with Gasteiger partial charge in [0, 0.05) is 17.0 Å². The number of unbranched alkanes of at least 4 members (excludes halogenated alkanes) is 1. The standard InChI is InChI=1S/C31H32ClN3O4/c1-3-5-16-28-33-35(21-22-12-7-6-8-13-22)31(38)34(28)20-23-17-18-27(24(19-23)11-4-2)39-29(30(36)37)25-14-9-10-15-26(25)32/h4,6-10,12-15,17-19,29H,2-3,5,11,16,20-21H2,1H3,(H,36,37). The lowest BCUT2D eigenvalue weighted by atomic mass is 10.1. The normalized spacial score (nSPS) is 11.7. The van der Waals surface area contributed by atoms with E-state index in [1.165, 1.54) is 4.68 Å². The van der Waals surface area contributed by atoms with E-state index in [2.05, 4.69) is 18.6 Å². The van der Waals surface area contributed by atoms with E-state index in [-0.39, 0.29) is 5.69 Å². The van der Waals surface area contributed by atoms with Gasteiger partial charge in [0.1, 0.15) is 11.6 Å². The highest BCUT2D eigenvalue weighted by Gasteiger charge is 2.25. The van der Waals surface area contributed by atoms with Gasteiger partial charge in [-0.05, 0) is 47.7 Å². The zero-order valence-corrected chi connectivity index (χ0v) is 22.7. The summed E-state index contributed by atoms with van der Waals surface area (Å²) in [5, 5.41) is 14.9. The Morgan fingerprint density at radius 2 is 1.82 bits per heavy atom. The molecule has 0 saturated heterocycles. The number of carboxylic acid groups (broad SMARTS) is 1. The van der Waals surface area contributed by atoms with Crippen LogP contribution in [0.1, 0.15) is 53.9 Å². The second-order valence-corrected chi connectivity index (χ2v) is 9.73. The number of aryl methyl sites for hydroxylation is 1. The average Bonchev–Trinajstić information content (AvgIpc) is 3.21. The zero-order chi connectivity index (χ0) is 27.8. The summed E-state index contributed by atoms with van der Waals surface area (Å²) in [5.41, 5.74) is 2.86. The molecule has 0 radical (unpaired) electrons. The van der Waals surface area contributed by atoms with Crippen LogP contribution in [-0.2, 0) is 30.7 Å². The summed E-state index contributed by atoms with van der Waals surface area (Å²) in [5.74, 6) is 0.0204. The number of hydrogen-bond acceptors (Lipinski definition) is 4. The minimum atomic E-state index is -1.27. The van der Waals surface area contributed by atoms with E-state index < -0.39 is 12.1 Å². The first-order valence-electron chi connectivity index (χ1n) is 13.0. The number of carbonyl (C=O) groups is 1. The largest absolute Gasteiger partial charge is 0.478 e. The predicted octanol–water partition coefficient (Wildman–Crippen LogP) is 6.07. The van der Waals surface area contributed by atoms with Crippen molar-refractivity contribution in [2.75, 3.05) is 0 Å². The summed E-state index contributed by atoms with van der Waals surface area (Å²) in [7, 11) is 0. The van der Waals surface area contributed by atoms with Gasteiger partial charge in [-0.15, -0.1) is 6.58 Å². The quantitative estimate of drug-likeness (QED) is 0.206. The van der Waals surface area contributed by atoms with Crippen molar-refractivity contribution in [2.24, 2.45) is 0 Å². The minimum absolute atomic E-state index is 0.166. The molecule has 0 aliphatic carbocycles. The molecule has 1 unspecified atom stereocenters. The third-order valence-electron chi connectivity index (χ3n) is 6.42. The lowest BCUT2D eigenvalue weighted by Crippen LogP contribution is -2.26. The van der Waals surface area contributed by atoms with Crippen molar-refractivity contribution in [3.63, 3.8) is 0 Å². The van der Waals surface area contributed by atoms with E-state index in [1.54, 1.807) is 41.0 Å². The molecule has 1 aromatic heterocycles. The maximum absolute atomic E-state index is 13.4. The number of aromatic nitrogens is 3. The second kappa shape index (κ2) is 13.1. The molecule has 1 atom stereocenters. The summed E-state index contributed by atoms with van der Waals surface area (Å²) in [6, 6.07) is 22.0. The van der Waals surface area contributed by atoms with Crippen molar-refractivity contribution in [3.05, 3.63) is 129 Å². The molecular weight excluding hydrogens is 514 g/mol. The maximum Gasteiger partial charge on any atom is 0.349 e. The summed E-state index contributed by atoms with van der Waals surface area (Å²) in [6.07, 6.45) is 3.54. The molecule has 4 aromatic rings. The van der Waals surface area contributed by atoms with Crippen LogP contribution in [0.5, 0.6) is 5.75 Å². The topological polar surface area (TPSA) is 86.4 Å². The highest BCUT2D eigenvalue weighted by atomic mass is 35.5. The number of allylic oxidation sites excluding steroid dienone is 1. The number of benzene rings is 3. The van der Waals surface area contributed by atoms with Gasteiger partial charge in [0.25, 0.3) is 0 Å². The Labute approximate surface area is 232 Å². The van der Waals surface area contributed by atoms with Gasteiger partial charge in [-0.2, -0.15) is 5.10 Å². The van der Waals surface area contributed by atoms with Crippen LogP contribution in [0.25, 0.3) is 0 Å². The Kier molecular flexibility index (Phi) is 9.39. The SMILES string of the molecule is C=CCc1cc(Cn2c(CCCC)nn(Cc3ccccc3)c2=O)ccc1OC(C(=O)O)c1ccccc1Cl. The molecule has 8 heteroatoms. The number of nitrogens with zero attached hydrogens (tertiary/aromatic N) is 3. The smallest absolute Gasteiger partial charge is 0.349 e. The van der Waals surface area contributed by atoms with Crippen molar-refractivity contribution in [1.29, 1.82) is 0 Å². The molecule has 39 heavy (non-hydrogen) atoms. The lowest BCUT2D eigenvalue weighted by Gasteiger charge is -2.19. The van der Waals surface area contributed by atoms with Gasteiger partial charge >= 0.3 is 11.7 Å². The lowest BCUT2D eigenvalue weighted by molar-refractivity contribution is -0.145. The third-order valence-corrected chi connectivity index (χ3v) is 6.76. The van der Waals surface area contributed by atoms with Crippen LogP contribution in [0.4, 0.5) is 0 Å². The van der Waals surface area contributed by atoms with Gasteiger partial charge in [-0.3, -0.25) is 4.57 Å². The fourth-order valence-electron chi connectivity index (χ4n) is 4.43. The highest BCUT2D eigenvalue weighted by molar-refractivity contribution is 6.31. The molecule has 0 amide bonds. The van der Waals surface area contributed by atoms with Gasteiger partial charge in [-0.1, -0.05) is 85.6 Å². The fraction of sp³-hybridized carbons (Fsp3) is 0.258. The van der Waals surface area contributed by atoms with Crippen LogP contribution in [0.2, 0.25) is 5.02 Å². The van der Waals surface area contributed by atoms with E-state index in [4.69, 9.17) is 16.3 Å². The molecule has 0 bridgehead atoms. The molecule has 1 N–H and O–H groups in total. The molecule has 1 heterocycles. The monoisotopic (exact) mass is 545 g/mol. The van der Waals surface area contributed by atoms with Crippen LogP contribution in [0.3, 0.4) is 0 Å². The summed E-state index contributed by atoms with van der Waals surface area (Å²) in [4.78, 5) is 25.5. The van der Waals surface area contributed by atoms with E-state index in [1.807, 2.05) is 42.5 Å².